The molecule has 0 spiro atoms. The van der Waals surface area contributed by atoms with Crippen molar-refractivity contribution in [1.82, 2.24) is 0 Å². The highest BCUT2D eigenvalue weighted by molar-refractivity contribution is 6.31. The lowest BCUT2D eigenvalue weighted by Crippen LogP contribution is -2.22. The van der Waals surface area contributed by atoms with Crippen LogP contribution in [0, 0.1) is 11.8 Å². The average Bonchev–Trinajstić information content (AvgIpc) is 2.15. The molecule has 3 heteroatoms. The summed E-state index contributed by atoms with van der Waals surface area (Å²) in [7, 11) is 0. The summed E-state index contributed by atoms with van der Waals surface area (Å²) in [5.74, 6) is -1.02. The molecule has 1 aromatic carbocycles. The number of hydrogen-bond donors (Lipinski definition) is 1. The molecule has 15 heavy (non-hydrogen) atoms. The Bertz CT molecular complexity index is 347. The summed E-state index contributed by atoms with van der Waals surface area (Å²) in [5, 5.41) is 9.70. The van der Waals surface area contributed by atoms with Crippen LogP contribution in [0.4, 0.5) is 0 Å². The highest BCUT2D eigenvalue weighted by atomic mass is 35.5. The van der Waals surface area contributed by atoms with Gasteiger partial charge in [0.2, 0.25) is 0 Å². The molecule has 0 aliphatic carbocycles. The van der Waals surface area contributed by atoms with Gasteiger partial charge in [0, 0.05) is 5.02 Å². The van der Waals surface area contributed by atoms with E-state index in [9.17, 15) is 4.79 Å². The number of carboxylic acids is 1. The van der Waals surface area contributed by atoms with Gasteiger partial charge in [-0.1, -0.05) is 43.6 Å². The molecule has 1 aromatic rings. The lowest BCUT2D eigenvalue weighted by atomic mass is 9.89. The first-order valence-electron chi connectivity index (χ1n) is 4.98. The van der Waals surface area contributed by atoms with Gasteiger partial charge in [-0.15, -0.1) is 0 Å². The van der Waals surface area contributed by atoms with E-state index in [4.69, 9.17) is 16.7 Å². The smallest absolute Gasteiger partial charge is 0.307 e. The van der Waals surface area contributed by atoms with Crippen molar-refractivity contribution >= 4 is 17.6 Å². The average molecular weight is 227 g/mol. The van der Waals surface area contributed by atoms with Gasteiger partial charge in [0.15, 0.2) is 0 Å². The third-order valence-corrected chi connectivity index (χ3v) is 2.89. The van der Waals surface area contributed by atoms with Crippen LogP contribution >= 0.6 is 11.6 Å². The predicted octanol–water partition coefficient (Wildman–Crippen LogP) is 3.24. The van der Waals surface area contributed by atoms with Crippen molar-refractivity contribution in [1.29, 1.82) is 0 Å². The zero-order valence-electron chi connectivity index (χ0n) is 8.90. The van der Waals surface area contributed by atoms with E-state index in [1.165, 1.54) is 0 Å². The fourth-order valence-electron chi connectivity index (χ4n) is 1.51. The summed E-state index contributed by atoms with van der Waals surface area (Å²) < 4.78 is 0. The zero-order valence-corrected chi connectivity index (χ0v) is 9.66. The summed E-state index contributed by atoms with van der Waals surface area (Å²) in [4.78, 5) is 11.0. The van der Waals surface area contributed by atoms with Crippen LogP contribution in [0.3, 0.4) is 0 Å². The molecule has 2 nitrogen and oxygen atoms in total. The van der Waals surface area contributed by atoms with Gasteiger partial charge in [0.05, 0.1) is 5.92 Å². The molecule has 1 unspecified atom stereocenters. The Kier molecular flexibility index (Phi) is 4.15. The van der Waals surface area contributed by atoms with E-state index in [-0.39, 0.29) is 11.8 Å². The van der Waals surface area contributed by atoms with Crippen molar-refractivity contribution in [3.63, 3.8) is 0 Å². The molecule has 0 bridgehead atoms. The first kappa shape index (κ1) is 12.1. The molecule has 82 valence electrons. The summed E-state index contributed by atoms with van der Waals surface area (Å²) in [6.45, 7) is 3.82. The normalized spacial score (nSPS) is 12.8. The van der Waals surface area contributed by atoms with Gasteiger partial charge < -0.3 is 5.11 Å². The summed E-state index contributed by atoms with van der Waals surface area (Å²) >= 11 is 5.98. The van der Waals surface area contributed by atoms with Gasteiger partial charge in [0.1, 0.15) is 0 Å². The number of rotatable bonds is 4. The minimum absolute atomic E-state index is 0.110. The lowest BCUT2D eigenvalue weighted by Gasteiger charge is -2.16. The number of benzene rings is 1. The topological polar surface area (TPSA) is 37.3 Å². The summed E-state index contributed by atoms with van der Waals surface area (Å²) in [5.41, 5.74) is 0.903. The van der Waals surface area contributed by atoms with Gasteiger partial charge in [-0.05, 0) is 24.0 Å². The second-order valence-corrected chi connectivity index (χ2v) is 4.39. The molecule has 0 aliphatic rings. The van der Waals surface area contributed by atoms with Crippen molar-refractivity contribution in [2.75, 3.05) is 0 Å². The molecule has 0 aliphatic heterocycles. The van der Waals surface area contributed by atoms with Crippen LogP contribution in [0.25, 0.3) is 0 Å². The molecule has 0 fully saturated rings. The van der Waals surface area contributed by atoms with Gasteiger partial charge in [-0.25, -0.2) is 0 Å². The van der Waals surface area contributed by atoms with Crippen molar-refractivity contribution in [2.24, 2.45) is 11.8 Å². The Labute approximate surface area is 94.9 Å². The third kappa shape index (κ3) is 3.24. The molecule has 0 heterocycles. The molecule has 1 N–H and O–H groups in total. The van der Waals surface area contributed by atoms with Crippen molar-refractivity contribution in [3.8, 4) is 0 Å². The maximum atomic E-state index is 11.0. The van der Waals surface area contributed by atoms with E-state index in [0.717, 1.165) is 5.56 Å². The highest BCUT2D eigenvalue weighted by Gasteiger charge is 2.22. The van der Waals surface area contributed by atoms with Crippen LogP contribution in [0.2, 0.25) is 5.02 Å². The second kappa shape index (κ2) is 5.17. The Morgan fingerprint density at radius 3 is 2.47 bits per heavy atom. The fraction of sp³-hybridized carbons (Fsp3) is 0.417. The predicted molar refractivity (Wildman–Crippen MR) is 61.1 cm³/mol. The van der Waals surface area contributed by atoms with Gasteiger partial charge in [0.25, 0.3) is 0 Å². The molecular weight excluding hydrogens is 212 g/mol. The molecular formula is C12H15ClO2. The van der Waals surface area contributed by atoms with Crippen LogP contribution < -0.4 is 0 Å². The maximum absolute atomic E-state index is 11.0. The zero-order chi connectivity index (χ0) is 11.4. The summed E-state index contributed by atoms with van der Waals surface area (Å²) in [6, 6.07) is 7.38. The van der Waals surface area contributed by atoms with Crippen LogP contribution in [-0.4, -0.2) is 11.1 Å². The molecule has 0 aromatic heterocycles. The van der Waals surface area contributed by atoms with E-state index >= 15 is 0 Å². The van der Waals surface area contributed by atoms with Crippen LogP contribution in [0.5, 0.6) is 0 Å². The Balaban J connectivity index is 2.84. The van der Waals surface area contributed by atoms with E-state index in [1.807, 2.05) is 32.0 Å². The van der Waals surface area contributed by atoms with Crippen molar-refractivity contribution in [3.05, 3.63) is 34.9 Å². The van der Waals surface area contributed by atoms with Crippen LogP contribution in [0.15, 0.2) is 24.3 Å². The third-order valence-electron chi connectivity index (χ3n) is 2.52. The van der Waals surface area contributed by atoms with Crippen molar-refractivity contribution < 1.29 is 9.90 Å². The SMILES string of the molecule is CC(C)C(Cc1ccccc1Cl)C(=O)O. The van der Waals surface area contributed by atoms with Crippen LogP contribution in [-0.2, 0) is 11.2 Å². The monoisotopic (exact) mass is 226 g/mol. The lowest BCUT2D eigenvalue weighted by molar-refractivity contribution is -0.143. The highest BCUT2D eigenvalue weighted by Crippen LogP contribution is 2.22. The van der Waals surface area contributed by atoms with Gasteiger partial charge in [-0.3, -0.25) is 4.79 Å². The number of aliphatic carboxylic acids is 1. The van der Waals surface area contributed by atoms with Crippen LogP contribution in [0.1, 0.15) is 19.4 Å². The van der Waals surface area contributed by atoms with Gasteiger partial charge in [-0.2, -0.15) is 0 Å². The standard InChI is InChI=1S/C12H15ClO2/c1-8(2)10(12(14)15)7-9-5-3-4-6-11(9)13/h3-6,8,10H,7H2,1-2H3,(H,14,15). The first-order valence-corrected chi connectivity index (χ1v) is 5.36. The largest absolute Gasteiger partial charge is 0.481 e. The molecule has 1 rings (SSSR count). The van der Waals surface area contributed by atoms with Gasteiger partial charge >= 0.3 is 5.97 Å². The fourth-order valence-corrected chi connectivity index (χ4v) is 1.72. The molecule has 0 saturated carbocycles. The molecule has 0 radical (unpaired) electrons. The number of carboxylic acid groups (broad SMARTS) is 1. The van der Waals surface area contributed by atoms with E-state index in [0.29, 0.717) is 11.4 Å². The molecule has 0 saturated heterocycles. The summed E-state index contributed by atoms with van der Waals surface area (Å²) in [6.07, 6.45) is 0.493. The minimum Gasteiger partial charge on any atom is -0.481 e. The Morgan fingerprint density at radius 2 is 2.00 bits per heavy atom. The Morgan fingerprint density at radius 1 is 1.40 bits per heavy atom. The maximum Gasteiger partial charge on any atom is 0.307 e. The quantitative estimate of drug-likeness (QED) is 0.856. The number of hydrogen-bond acceptors (Lipinski definition) is 1. The number of halogens is 1. The minimum atomic E-state index is -0.759. The van der Waals surface area contributed by atoms with E-state index < -0.39 is 5.97 Å². The molecule has 0 amide bonds. The molecule has 1 atom stereocenters. The Hall–Kier alpha value is -1.02. The number of carbonyl (C=O) groups is 1. The first-order chi connectivity index (χ1) is 7.02. The van der Waals surface area contributed by atoms with Crippen molar-refractivity contribution in [2.45, 2.75) is 20.3 Å². The second-order valence-electron chi connectivity index (χ2n) is 3.98. The van der Waals surface area contributed by atoms with E-state index in [1.54, 1.807) is 6.07 Å². The van der Waals surface area contributed by atoms with E-state index in [2.05, 4.69) is 0 Å².